The highest BCUT2D eigenvalue weighted by molar-refractivity contribution is 6.07. The minimum absolute atomic E-state index is 0.123. The lowest BCUT2D eigenvalue weighted by atomic mass is 10.2. The molecule has 0 saturated carbocycles. The number of carbonyl (C=O) groups is 2. The number of fused-ring (bicyclic) bond motifs is 1. The maximum atomic E-state index is 11.0. The van der Waals surface area contributed by atoms with Gasteiger partial charge >= 0.3 is 0 Å². The molecule has 2 amide bonds. The quantitative estimate of drug-likeness (QED) is 0.541. The first-order valence-corrected chi connectivity index (χ1v) is 3.47. The van der Waals surface area contributed by atoms with E-state index in [4.69, 9.17) is 4.42 Å². The monoisotopic (exact) mass is 166 g/mol. The lowest BCUT2D eigenvalue weighted by Crippen LogP contribution is -2.36. The number of aryl methyl sites for hydroxylation is 1. The van der Waals surface area contributed by atoms with E-state index in [1.807, 2.05) is 0 Å². The molecule has 0 bridgehead atoms. The van der Waals surface area contributed by atoms with Crippen molar-refractivity contribution in [3.8, 4) is 0 Å². The molecule has 1 aliphatic rings. The molecule has 2 rings (SSSR count). The van der Waals surface area contributed by atoms with Gasteiger partial charge in [-0.1, -0.05) is 0 Å². The molecule has 0 unspecified atom stereocenters. The first-order chi connectivity index (χ1) is 5.66. The Morgan fingerprint density at radius 3 is 3.00 bits per heavy atom. The van der Waals surface area contributed by atoms with Gasteiger partial charge in [-0.25, -0.2) is 4.98 Å². The van der Waals surface area contributed by atoms with Crippen LogP contribution in [0, 0.1) is 6.92 Å². The van der Waals surface area contributed by atoms with Crippen molar-refractivity contribution in [1.82, 2.24) is 10.3 Å². The molecule has 1 N–H and O–H groups in total. The number of rotatable bonds is 0. The van der Waals surface area contributed by atoms with Gasteiger partial charge in [-0.3, -0.25) is 14.9 Å². The lowest BCUT2D eigenvalue weighted by molar-refractivity contribution is -0.119. The van der Waals surface area contributed by atoms with Gasteiger partial charge in [0.2, 0.25) is 11.7 Å². The van der Waals surface area contributed by atoms with Crippen LogP contribution in [0.5, 0.6) is 0 Å². The van der Waals surface area contributed by atoms with Gasteiger partial charge in [0.25, 0.3) is 5.91 Å². The molecule has 1 aromatic rings. The van der Waals surface area contributed by atoms with Crippen molar-refractivity contribution in [2.45, 2.75) is 13.3 Å². The van der Waals surface area contributed by atoms with Gasteiger partial charge in [0.15, 0.2) is 5.89 Å². The Bertz CT molecular complexity index is 367. The van der Waals surface area contributed by atoms with Crippen molar-refractivity contribution in [3.63, 3.8) is 0 Å². The predicted octanol–water partition coefficient (Wildman–Crippen LogP) is -0.204. The third kappa shape index (κ3) is 0.903. The molecule has 1 aromatic heterocycles. The molecule has 0 saturated heterocycles. The van der Waals surface area contributed by atoms with Crippen molar-refractivity contribution in [3.05, 3.63) is 17.3 Å². The van der Waals surface area contributed by atoms with E-state index in [-0.39, 0.29) is 18.1 Å². The molecule has 62 valence electrons. The van der Waals surface area contributed by atoms with Gasteiger partial charge in [0, 0.05) is 6.92 Å². The van der Waals surface area contributed by atoms with E-state index in [0.29, 0.717) is 11.6 Å². The maximum Gasteiger partial charge on any atom is 0.295 e. The Morgan fingerprint density at radius 2 is 2.25 bits per heavy atom. The molecule has 0 radical (unpaired) electrons. The number of hydrogen-bond donors (Lipinski definition) is 1. The topological polar surface area (TPSA) is 72.2 Å². The minimum atomic E-state index is -0.498. The van der Waals surface area contributed by atoms with Crippen LogP contribution in [0.2, 0.25) is 0 Å². The normalized spacial score (nSPS) is 15.8. The fourth-order valence-electron chi connectivity index (χ4n) is 1.15. The van der Waals surface area contributed by atoms with E-state index in [1.54, 1.807) is 6.92 Å². The Labute approximate surface area is 67.8 Å². The van der Waals surface area contributed by atoms with Crippen molar-refractivity contribution >= 4 is 11.8 Å². The molecule has 2 heterocycles. The highest BCUT2D eigenvalue weighted by Crippen LogP contribution is 2.14. The molecule has 0 aromatic carbocycles. The molecule has 12 heavy (non-hydrogen) atoms. The van der Waals surface area contributed by atoms with Crippen LogP contribution in [0.3, 0.4) is 0 Å². The second-order valence-corrected chi connectivity index (χ2v) is 2.56. The fraction of sp³-hybridized carbons (Fsp3) is 0.286. The number of imide groups is 1. The van der Waals surface area contributed by atoms with Gasteiger partial charge < -0.3 is 4.42 Å². The number of oxazole rings is 1. The average Bonchev–Trinajstić information content (AvgIpc) is 2.29. The minimum Gasteiger partial charge on any atom is -0.436 e. The SMILES string of the molecule is Cc1nc2c(o1)C(=O)NC(=O)C2. The molecule has 5 nitrogen and oxygen atoms in total. The van der Waals surface area contributed by atoms with Crippen LogP contribution in [-0.4, -0.2) is 16.8 Å². The van der Waals surface area contributed by atoms with Crippen molar-refractivity contribution in [2.75, 3.05) is 0 Å². The second kappa shape index (κ2) is 2.17. The van der Waals surface area contributed by atoms with Crippen molar-refractivity contribution < 1.29 is 14.0 Å². The van der Waals surface area contributed by atoms with E-state index in [2.05, 4.69) is 10.3 Å². The molecular formula is C7H6N2O3. The Balaban J connectivity index is 2.53. The zero-order chi connectivity index (χ0) is 8.72. The summed E-state index contributed by atoms with van der Waals surface area (Å²) in [4.78, 5) is 25.8. The number of nitrogens with one attached hydrogen (secondary N) is 1. The van der Waals surface area contributed by atoms with Gasteiger partial charge in [0.1, 0.15) is 5.69 Å². The summed E-state index contributed by atoms with van der Waals surface area (Å²) in [6.45, 7) is 1.63. The fourth-order valence-corrected chi connectivity index (χ4v) is 1.15. The molecule has 0 spiro atoms. The predicted molar refractivity (Wildman–Crippen MR) is 37.4 cm³/mol. The first kappa shape index (κ1) is 7.02. The van der Waals surface area contributed by atoms with Crippen LogP contribution >= 0.6 is 0 Å². The van der Waals surface area contributed by atoms with E-state index < -0.39 is 5.91 Å². The molecule has 1 aliphatic heterocycles. The van der Waals surface area contributed by atoms with E-state index in [9.17, 15) is 9.59 Å². The lowest BCUT2D eigenvalue weighted by Gasteiger charge is -2.06. The van der Waals surface area contributed by atoms with Gasteiger partial charge in [0.05, 0.1) is 6.42 Å². The van der Waals surface area contributed by atoms with Gasteiger partial charge in [-0.2, -0.15) is 0 Å². The molecule has 5 heteroatoms. The highest BCUT2D eigenvalue weighted by atomic mass is 16.4. The zero-order valence-electron chi connectivity index (χ0n) is 6.38. The smallest absolute Gasteiger partial charge is 0.295 e. The largest absolute Gasteiger partial charge is 0.436 e. The number of nitrogens with zero attached hydrogens (tertiary/aromatic N) is 1. The highest BCUT2D eigenvalue weighted by Gasteiger charge is 2.27. The third-order valence-corrected chi connectivity index (χ3v) is 1.59. The average molecular weight is 166 g/mol. The van der Waals surface area contributed by atoms with Crippen LogP contribution in [0.1, 0.15) is 22.1 Å². The van der Waals surface area contributed by atoms with Crippen LogP contribution in [0.4, 0.5) is 0 Å². The van der Waals surface area contributed by atoms with Crippen molar-refractivity contribution in [1.29, 1.82) is 0 Å². The summed E-state index contributed by atoms with van der Waals surface area (Å²) in [5.41, 5.74) is 0.432. The van der Waals surface area contributed by atoms with Gasteiger partial charge in [-0.05, 0) is 0 Å². The summed E-state index contributed by atoms with van der Waals surface area (Å²) in [5, 5.41) is 2.14. The summed E-state index contributed by atoms with van der Waals surface area (Å²) in [6, 6.07) is 0. The van der Waals surface area contributed by atoms with Crippen LogP contribution in [0.25, 0.3) is 0 Å². The second-order valence-electron chi connectivity index (χ2n) is 2.56. The number of amides is 2. The molecule has 0 atom stereocenters. The van der Waals surface area contributed by atoms with Gasteiger partial charge in [-0.15, -0.1) is 0 Å². The first-order valence-electron chi connectivity index (χ1n) is 3.47. The van der Waals surface area contributed by atoms with Crippen LogP contribution < -0.4 is 5.32 Å². The molecule has 0 aliphatic carbocycles. The Morgan fingerprint density at radius 1 is 1.50 bits per heavy atom. The van der Waals surface area contributed by atoms with Crippen LogP contribution in [-0.2, 0) is 11.2 Å². The Hall–Kier alpha value is -1.65. The number of hydrogen-bond acceptors (Lipinski definition) is 4. The van der Waals surface area contributed by atoms with Crippen molar-refractivity contribution in [2.24, 2.45) is 0 Å². The summed E-state index contributed by atoms with van der Waals surface area (Å²) < 4.78 is 4.99. The number of carbonyl (C=O) groups excluding carboxylic acids is 2. The summed E-state index contributed by atoms with van der Waals surface area (Å²) in [6.07, 6.45) is 0.123. The maximum absolute atomic E-state index is 11.0. The van der Waals surface area contributed by atoms with E-state index in [1.165, 1.54) is 0 Å². The third-order valence-electron chi connectivity index (χ3n) is 1.59. The standard InChI is InChI=1S/C7H6N2O3/c1-3-8-4-2-5(10)9-7(11)6(4)12-3/h2H2,1H3,(H,9,10,11). The van der Waals surface area contributed by atoms with Crippen LogP contribution in [0.15, 0.2) is 4.42 Å². The number of aromatic nitrogens is 1. The molecule has 0 fully saturated rings. The Kier molecular flexibility index (Phi) is 1.27. The summed E-state index contributed by atoms with van der Waals surface area (Å²) in [5.74, 6) is -0.264. The summed E-state index contributed by atoms with van der Waals surface area (Å²) in [7, 11) is 0. The molecular weight excluding hydrogens is 160 g/mol. The van der Waals surface area contributed by atoms with E-state index >= 15 is 0 Å². The summed E-state index contributed by atoms with van der Waals surface area (Å²) >= 11 is 0. The zero-order valence-corrected chi connectivity index (χ0v) is 6.38. The van der Waals surface area contributed by atoms with E-state index in [0.717, 1.165) is 0 Å².